The Morgan fingerprint density at radius 1 is 0.957 bits per heavy atom. The number of amides is 2. The summed E-state index contributed by atoms with van der Waals surface area (Å²) < 4.78 is 0. The lowest BCUT2D eigenvalue weighted by atomic mass is 10.2. The number of nitrogens with zero attached hydrogens (tertiary/aromatic N) is 2. The molecule has 2 saturated heterocycles. The Balaban J connectivity index is 0.00000192. The molecule has 0 radical (unpaired) electrons. The minimum atomic E-state index is -0.0172. The number of hydrogen-bond donors (Lipinski definition) is 1. The highest BCUT2D eigenvalue weighted by molar-refractivity contribution is 5.94. The second kappa shape index (κ2) is 8.31. The summed E-state index contributed by atoms with van der Waals surface area (Å²) in [7, 11) is 0. The molecule has 0 aliphatic carbocycles. The maximum atomic E-state index is 12.5. The third-order valence-electron chi connectivity index (χ3n) is 4.47. The Kier molecular flexibility index (Phi) is 6.42. The number of rotatable bonds is 2. The van der Waals surface area contributed by atoms with Gasteiger partial charge in [0.1, 0.15) is 0 Å². The van der Waals surface area contributed by atoms with E-state index in [2.05, 4.69) is 5.32 Å². The van der Waals surface area contributed by atoms with Crippen LogP contribution < -0.4 is 5.32 Å². The van der Waals surface area contributed by atoms with Crippen LogP contribution in [0.1, 0.15) is 29.6 Å². The Labute approximate surface area is 143 Å². The average molecular weight is 338 g/mol. The van der Waals surface area contributed by atoms with Crippen LogP contribution in [0, 0.1) is 0 Å². The topological polar surface area (TPSA) is 52.7 Å². The molecule has 1 atom stereocenters. The largest absolute Gasteiger partial charge is 0.340 e. The number of hydrogen-bond acceptors (Lipinski definition) is 3. The fourth-order valence-electron chi connectivity index (χ4n) is 3.22. The van der Waals surface area contributed by atoms with E-state index >= 15 is 0 Å². The first kappa shape index (κ1) is 17.8. The van der Waals surface area contributed by atoms with Crippen LogP contribution in [0.5, 0.6) is 0 Å². The molecule has 2 fully saturated rings. The maximum absolute atomic E-state index is 12.5. The summed E-state index contributed by atoms with van der Waals surface area (Å²) in [6, 6.07) is 9.35. The van der Waals surface area contributed by atoms with E-state index in [-0.39, 0.29) is 30.3 Å². The normalized spacial score (nSPS) is 21.5. The zero-order valence-corrected chi connectivity index (χ0v) is 14.1. The molecule has 0 saturated carbocycles. The van der Waals surface area contributed by atoms with Crippen molar-refractivity contribution in [1.29, 1.82) is 0 Å². The third kappa shape index (κ3) is 4.24. The highest BCUT2D eigenvalue weighted by Gasteiger charge is 2.29. The number of carbonyl (C=O) groups is 2. The second-order valence-corrected chi connectivity index (χ2v) is 5.99. The van der Waals surface area contributed by atoms with Crippen LogP contribution in [0.3, 0.4) is 0 Å². The van der Waals surface area contributed by atoms with Gasteiger partial charge in [-0.3, -0.25) is 9.59 Å². The summed E-state index contributed by atoms with van der Waals surface area (Å²) in [5.74, 6) is 0.264. The molecule has 0 bridgehead atoms. The molecule has 1 N–H and O–H groups in total. The van der Waals surface area contributed by atoms with Crippen molar-refractivity contribution in [3.8, 4) is 0 Å². The van der Waals surface area contributed by atoms with E-state index in [0.717, 1.165) is 44.5 Å². The van der Waals surface area contributed by atoms with Crippen molar-refractivity contribution in [1.82, 2.24) is 15.1 Å². The quantitative estimate of drug-likeness (QED) is 0.890. The number of halogens is 1. The van der Waals surface area contributed by atoms with Gasteiger partial charge in [0.2, 0.25) is 5.91 Å². The first-order valence-corrected chi connectivity index (χ1v) is 8.12. The lowest BCUT2D eigenvalue weighted by molar-refractivity contribution is -0.132. The van der Waals surface area contributed by atoms with Crippen LogP contribution in [-0.2, 0) is 4.79 Å². The lowest BCUT2D eigenvalue weighted by Crippen LogP contribution is -2.45. The van der Waals surface area contributed by atoms with Crippen LogP contribution in [0.15, 0.2) is 30.3 Å². The number of carbonyl (C=O) groups excluding carboxylic acids is 2. The summed E-state index contributed by atoms with van der Waals surface area (Å²) in [6.45, 7) is 3.65. The minimum absolute atomic E-state index is 0. The van der Waals surface area contributed by atoms with Gasteiger partial charge in [-0.2, -0.15) is 0 Å². The van der Waals surface area contributed by atoms with Gasteiger partial charge in [0.25, 0.3) is 5.91 Å². The predicted octanol–water partition coefficient (Wildman–Crippen LogP) is 1.53. The van der Waals surface area contributed by atoms with Gasteiger partial charge >= 0.3 is 0 Å². The van der Waals surface area contributed by atoms with Crippen LogP contribution in [0.25, 0.3) is 0 Å². The first-order valence-electron chi connectivity index (χ1n) is 8.12. The third-order valence-corrected chi connectivity index (χ3v) is 4.47. The highest BCUT2D eigenvalue weighted by atomic mass is 35.5. The van der Waals surface area contributed by atoms with Gasteiger partial charge in [-0.1, -0.05) is 18.2 Å². The van der Waals surface area contributed by atoms with E-state index in [9.17, 15) is 9.59 Å². The van der Waals surface area contributed by atoms with E-state index in [4.69, 9.17) is 0 Å². The van der Waals surface area contributed by atoms with Crippen molar-refractivity contribution in [3.05, 3.63) is 35.9 Å². The van der Waals surface area contributed by atoms with Gasteiger partial charge in [0.15, 0.2) is 0 Å². The summed E-state index contributed by atoms with van der Waals surface area (Å²) >= 11 is 0. The molecule has 1 aromatic carbocycles. The van der Waals surface area contributed by atoms with Crippen LogP contribution >= 0.6 is 12.4 Å². The fourth-order valence-corrected chi connectivity index (χ4v) is 3.22. The van der Waals surface area contributed by atoms with Gasteiger partial charge in [0.05, 0.1) is 6.04 Å². The zero-order chi connectivity index (χ0) is 15.4. The molecule has 5 nitrogen and oxygen atoms in total. The van der Waals surface area contributed by atoms with Gasteiger partial charge in [-0.15, -0.1) is 12.4 Å². The van der Waals surface area contributed by atoms with Crippen LogP contribution in [0.4, 0.5) is 0 Å². The fraction of sp³-hybridized carbons (Fsp3) is 0.529. The van der Waals surface area contributed by atoms with E-state index < -0.39 is 0 Å². The van der Waals surface area contributed by atoms with E-state index in [1.165, 1.54) is 0 Å². The van der Waals surface area contributed by atoms with Crippen molar-refractivity contribution in [2.45, 2.75) is 25.3 Å². The van der Waals surface area contributed by atoms with Crippen molar-refractivity contribution in [2.75, 3.05) is 32.7 Å². The summed E-state index contributed by atoms with van der Waals surface area (Å²) in [6.07, 6.45) is 2.85. The van der Waals surface area contributed by atoms with Gasteiger partial charge in [0, 0.05) is 31.7 Å². The molecule has 1 unspecified atom stereocenters. The monoisotopic (exact) mass is 337 g/mol. The SMILES string of the molecule is Cl.O=C(c1ccccc1)N1CCCN(C(=O)C2CCCN2)CC1. The van der Waals surface area contributed by atoms with Gasteiger partial charge in [-0.05, 0) is 37.9 Å². The van der Waals surface area contributed by atoms with Crippen molar-refractivity contribution in [2.24, 2.45) is 0 Å². The van der Waals surface area contributed by atoms with E-state index in [0.29, 0.717) is 13.1 Å². The van der Waals surface area contributed by atoms with Crippen LogP contribution in [0.2, 0.25) is 0 Å². The average Bonchev–Trinajstić information content (AvgIpc) is 2.99. The van der Waals surface area contributed by atoms with Crippen molar-refractivity contribution < 1.29 is 9.59 Å². The standard InChI is InChI=1S/C17H23N3O2.ClH/c21-16(14-6-2-1-3-7-14)19-10-5-11-20(13-12-19)17(22)15-8-4-9-18-15;/h1-3,6-7,15,18H,4-5,8-13H2;1H. The second-order valence-electron chi connectivity index (χ2n) is 5.99. The Hall–Kier alpha value is -1.59. The van der Waals surface area contributed by atoms with E-state index in [1.807, 2.05) is 40.1 Å². The molecular weight excluding hydrogens is 314 g/mol. The lowest BCUT2D eigenvalue weighted by Gasteiger charge is -2.24. The van der Waals surface area contributed by atoms with E-state index in [1.54, 1.807) is 0 Å². The molecule has 6 heteroatoms. The van der Waals surface area contributed by atoms with Gasteiger partial charge in [-0.25, -0.2) is 0 Å². The zero-order valence-electron chi connectivity index (χ0n) is 13.2. The van der Waals surface area contributed by atoms with Crippen molar-refractivity contribution >= 4 is 24.2 Å². The van der Waals surface area contributed by atoms with Crippen molar-refractivity contribution in [3.63, 3.8) is 0 Å². The summed E-state index contributed by atoms with van der Waals surface area (Å²) in [5, 5.41) is 3.26. The number of benzene rings is 1. The van der Waals surface area contributed by atoms with Crippen LogP contribution in [-0.4, -0.2) is 60.4 Å². The Morgan fingerprint density at radius 2 is 1.65 bits per heavy atom. The highest BCUT2D eigenvalue weighted by Crippen LogP contribution is 2.13. The molecule has 2 amide bonds. The predicted molar refractivity (Wildman–Crippen MR) is 91.8 cm³/mol. The number of nitrogens with one attached hydrogen (secondary N) is 1. The molecular formula is C17H24ClN3O2. The molecule has 3 rings (SSSR count). The first-order chi connectivity index (χ1) is 10.8. The molecule has 126 valence electrons. The maximum Gasteiger partial charge on any atom is 0.253 e. The molecule has 2 aliphatic rings. The smallest absolute Gasteiger partial charge is 0.253 e. The Morgan fingerprint density at radius 3 is 2.35 bits per heavy atom. The molecule has 2 heterocycles. The molecule has 1 aromatic rings. The summed E-state index contributed by atoms with van der Waals surface area (Å²) in [4.78, 5) is 28.7. The minimum Gasteiger partial charge on any atom is -0.340 e. The molecule has 2 aliphatic heterocycles. The molecule has 0 aromatic heterocycles. The Bertz CT molecular complexity index is 532. The molecule has 0 spiro atoms. The van der Waals surface area contributed by atoms with Gasteiger partial charge < -0.3 is 15.1 Å². The molecule has 23 heavy (non-hydrogen) atoms. The summed E-state index contributed by atoms with van der Waals surface area (Å²) in [5.41, 5.74) is 0.722.